The maximum absolute atomic E-state index is 11.8. The Morgan fingerprint density at radius 1 is 0.540 bits per heavy atom. The van der Waals surface area contributed by atoms with Crippen LogP contribution in [-0.4, -0.2) is 4.70 Å². The first-order valence-electron chi connectivity index (χ1n) is 20.0. The van der Waals surface area contributed by atoms with E-state index in [1.807, 2.05) is 0 Å². The fraction of sp³-hybridized carbons (Fsp3) is 0.600. The minimum atomic E-state index is 0.569. The zero-order valence-corrected chi connectivity index (χ0v) is 34.3. The number of aryl methyl sites for hydroxylation is 2. The molecule has 280 valence electrons. The molecule has 0 saturated carbocycles. The zero-order valence-electron chi connectivity index (χ0n) is 31.8. The molecule has 0 amide bonds. The van der Waals surface area contributed by atoms with Crippen molar-refractivity contribution in [2.45, 2.75) is 175 Å². The van der Waals surface area contributed by atoms with Crippen LogP contribution >= 0.6 is 20.4 Å². The second-order valence-corrected chi connectivity index (χ2v) is 15.5. The van der Waals surface area contributed by atoms with E-state index in [1.54, 1.807) is 0 Å². The van der Waals surface area contributed by atoms with Crippen molar-refractivity contribution in [3.63, 3.8) is 0 Å². The summed E-state index contributed by atoms with van der Waals surface area (Å²) in [5.41, 5.74) is 20.5. The molecular weight excluding hydrogens is 698 g/mol. The molecule has 0 N–H and O–H groups in total. The summed E-state index contributed by atoms with van der Waals surface area (Å²) < 4.78 is 1.44. The summed E-state index contributed by atoms with van der Waals surface area (Å²) in [5.74, 6) is 7.11. The van der Waals surface area contributed by atoms with Gasteiger partial charge in [0.1, 0.15) is 5.57 Å². The van der Waals surface area contributed by atoms with E-state index in [4.69, 9.17) is 20.4 Å². The van der Waals surface area contributed by atoms with Crippen LogP contribution < -0.4 is 0 Å². The molecule has 2 nitrogen and oxygen atoms in total. The topological polar surface area (TPSA) is 25.3 Å². The van der Waals surface area contributed by atoms with Gasteiger partial charge < -0.3 is 5.53 Å². The predicted octanol–water partition coefficient (Wildman–Crippen LogP) is 15.6. The third-order valence-electron chi connectivity index (χ3n) is 9.81. The average molecular weight is 765 g/mol. The van der Waals surface area contributed by atoms with Gasteiger partial charge in [-0.05, 0) is 73.9 Å². The molecule has 3 rings (SSSR count). The van der Waals surface area contributed by atoms with Gasteiger partial charge in [-0.15, -0.1) is 0 Å². The van der Waals surface area contributed by atoms with E-state index < -0.39 is 0 Å². The van der Waals surface area contributed by atoms with Crippen molar-refractivity contribution in [1.29, 1.82) is 0 Å². The number of benzene rings is 2. The monoisotopic (exact) mass is 762 g/mol. The van der Waals surface area contributed by atoms with Crippen molar-refractivity contribution in [1.82, 2.24) is 0 Å². The third-order valence-corrected chi connectivity index (χ3v) is 9.81. The Hall–Kier alpha value is -1.85. The Balaban J connectivity index is 0.00000278. The fourth-order valence-corrected chi connectivity index (χ4v) is 6.85. The third kappa shape index (κ3) is 16.7. The van der Waals surface area contributed by atoms with Crippen molar-refractivity contribution in [2.75, 3.05) is 0 Å². The van der Waals surface area contributed by atoms with E-state index in [2.05, 4.69) is 88.1 Å². The van der Waals surface area contributed by atoms with Gasteiger partial charge in [-0.25, -0.2) is 4.70 Å². The van der Waals surface area contributed by atoms with Crippen LogP contribution in [0.15, 0.2) is 59.7 Å². The molecule has 2 aromatic rings. The molecule has 0 atom stereocenters. The van der Waals surface area contributed by atoms with Gasteiger partial charge in [0.2, 0.25) is 11.4 Å². The van der Waals surface area contributed by atoms with E-state index in [-0.39, 0.29) is 0 Å². The summed E-state index contributed by atoms with van der Waals surface area (Å²) in [6, 6.07) is 17.8. The van der Waals surface area contributed by atoms with Gasteiger partial charge in [-0.3, -0.25) is 0 Å². The van der Waals surface area contributed by atoms with Crippen molar-refractivity contribution < 1.29 is 17.4 Å². The first kappa shape index (κ1) is 44.3. The summed E-state index contributed by atoms with van der Waals surface area (Å²) >= 11 is 0.569. The molecule has 0 saturated heterocycles. The van der Waals surface area contributed by atoms with Gasteiger partial charge in [0, 0.05) is 23.1 Å². The van der Waals surface area contributed by atoms with Gasteiger partial charge in [0.25, 0.3) is 0 Å². The normalized spacial score (nSPS) is 12.7. The standard InChI is InChI=1S/C45H66N2.2ClH.Ni/c1-5-9-12-15-16-17-18-19-20-21-22-23-26-29-43-42(8-4)44(40-34-30-38(31-35-40)27-24-13-10-6-2)47(46)45(43)41-36-32-39(33-37-41)28-25-14-11-7-3;;;/h30-37H,5-25,27-28H2,1-4H3;2*1H;/q;;;+2/p-2. The molecule has 1 aliphatic heterocycles. The van der Waals surface area contributed by atoms with Gasteiger partial charge in [-0.1, -0.05) is 167 Å². The van der Waals surface area contributed by atoms with E-state index in [1.165, 1.54) is 131 Å². The van der Waals surface area contributed by atoms with E-state index >= 15 is 0 Å². The number of nitrogens with zero attached hydrogens (tertiary/aromatic N) is 2. The van der Waals surface area contributed by atoms with Crippen molar-refractivity contribution in [3.05, 3.63) is 87.5 Å². The van der Waals surface area contributed by atoms with Crippen LogP contribution in [0.4, 0.5) is 0 Å². The van der Waals surface area contributed by atoms with Crippen LogP contribution in [0.25, 0.3) is 16.9 Å². The SMILES string of the molecule is CCCCCCCCCCCCCC#CC1=C(c2ccc(CCCCCC)cc2)[N+](=[N-])C(c2ccc(CCCCCC)cc2)=C1CC.[Cl][Ni][Cl]. The second kappa shape index (κ2) is 28.7. The van der Waals surface area contributed by atoms with Gasteiger partial charge in [0.05, 0.1) is 0 Å². The molecule has 0 bridgehead atoms. The molecule has 0 radical (unpaired) electrons. The minimum absolute atomic E-state index is 0.569. The molecule has 1 aliphatic rings. The van der Waals surface area contributed by atoms with E-state index in [0.29, 0.717) is 12.7 Å². The molecule has 0 spiro atoms. The molecule has 1 heterocycles. The maximum atomic E-state index is 11.8. The quantitative estimate of drug-likeness (QED) is 0.0440. The number of hydrogen-bond acceptors (Lipinski definition) is 0. The Morgan fingerprint density at radius 2 is 0.920 bits per heavy atom. The number of hydrogen-bond donors (Lipinski definition) is 0. The zero-order chi connectivity index (χ0) is 36.2. The molecule has 5 heteroatoms. The Kier molecular flexibility index (Phi) is 25.4. The van der Waals surface area contributed by atoms with E-state index in [0.717, 1.165) is 65.8 Å². The van der Waals surface area contributed by atoms with Crippen LogP contribution in [0.3, 0.4) is 0 Å². The summed E-state index contributed by atoms with van der Waals surface area (Å²) in [4.78, 5) is 0. The Morgan fingerprint density at radius 3 is 1.34 bits per heavy atom. The Labute approximate surface area is 322 Å². The van der Waals surface area contributed by atoms with Crippen LogP contribution in [-0.2, 0) is 25.5 Å². The summed E-state index contributed by atoms with van der Waals surface area (Å²) in [5, 5.41) is 0. The van der Waals surface area contributed by atoms with Crippen LogP contribution in [0.5, 0.6) is 0 Å². The Bertz CT molecular complexity index is 1330. The molecule has 0 aromatic heterocycles. The van der Waals surface area contributed by atoms with Gasteiger partial charge >= 0.3 is 33.0 Å². The number of halogens is 2. The number of rotatable bonds is 24. The van der Waals surface area contributed by atoms with Crippen molar-refractivity contribution in [3.8, 4) is 11.8 Å². The predicted molar refractivity (Wildman–Crippen MR) is 217 cm³/mol. The molecule has 0 fully saturated rings. The average Bonchev–Trinajstić information content (AvgIpc) is 3.42. The second-order valence-electron chi connectivity index (χ2n) is 13.9. The van der Waals surface area contributed by atoms with Crippen LogP contribution in [0, 0.1) is 11.8 Å². The number of unbranched alkanes of at least 4 members (excludes halogenated alkanes) is 17. The summed E-state index contributed by atoms with van der Waals surface area (Å²) in [7, 11) is 9.40. The van der Waals surface area contributed by atoms with Crippen LogP contribution in [0.1, 0.15) is 185 Å². The first-order valence-corrected chi connectivity index (χ1v) is 22.7. The molecular formula is C45H66Cl2N2Ni. The fourth-order valence-electron chi connectivity index (χ4n) is 6.85. The molecule has 0 unspecified atom stereocenters. The van der Waals surface area contributed by atoms with E-state index in [9.17, 15) is 5.53 Å². The molecule has 2 aromatic carbocycles. The molecule has 0 aliphatic carbocycles. The summed E-state index contributed by atoms with van der Waals surface area (Å²) in [6.07, 6.45) is 29.0. The van der Waals surface area contributed by atoms with Crippen molar-refractivity contribution >= 4 is 31.8 Å². The van der Waals surface area contributed by atoms with Gasteiger partial charge in [0.15, 0.2) is 0 Å². The van der Waals surface area contributed by atoms with Gasteiger partial charge in [-0.2, -0.15) is 0 Å². The molecule has 50 heavy (non-hydrogen) atoms. The van der Waals surface area contributed by atoms with Crippen molar-refractivity contribution in [2.24, 2.45) is 0 Å². The van der Waals surface area contributed by atoms with Crippen LogP contribution in [0.2, 0.25) is 0 Å². The summed E-state index contributed by atoms with van der Waals surface area (Å²) in [6.45, 7) is 9.01. The first-order chi connectivity index (χ1) is 24.6. The number of allylic oxidation sites excluding steroid dienone is 2.